The van der Waals surface area contributed by atoms with Gasteiger partial charge in [0.05, 0.1) is 6.54 Å². The van der Waals surface area contributed by atoms with Crippen molar-refractivity contribution in [1.82, 2.24) is 10.6 Å². The van der Waals surface area contributed by atoms with Crippen molar-refractivity contribution in [1.29, 1.82) is 0 Å². The van der Waals surface area contributed by atoms with Gasteiger partial charge in [-0.3, -0.25) is 0 Å². The fourth-order valence-electron chi connectivity index (χ4n) is 1.94. The molecular weight excluding hydrogens is 300 g/mol. The Balaban J connectivity index is 1.77. The maximum Gasteiger partial charge on any atom is 0.205 e. The molecule has 0 bridgehead atoms. The van der Waals surface area contributed by atoms with Gasteiger partial charge in [0, 0.05) is 13.7 Å². The van der Waals surface area contributed by atoms with Crippen LogP contribution in [0.4, 0.5) is 0 Å². The summed E-state index contributed by atoms with van der Waals surface area (Å²) in [7, 11) is 1.35. The third kappa shape index (κ3) is 4.05. The zero-order valence-corrected chi connectivity index (χ0v) is 12.6. The number of nitrogens with one attached hydrogen (secondary N) is 2. The van der Waals surface area contributed by atoms with E-state index in [2.05, 4.69) is 20.9 Å². The van der Waals surface area contributed by atoms with Crippen molar-refractivity contribution in [2.45, 2.75) is 43.3 Å². The van der Waals surface area contributed by atoms with Crippen LogP contribution in [0.3, 0.4) is 0 Å². The molecule has 0 aromatic carbocycles. The molecule has 10 heteroatoms. The predicted octanol–water partition coefficient (Wildman–Crippen LogP) is -1.91. The van der Waals surface area contributed by atoms with Crippen LogP contribution in [0.1, 0.15) is 6.92 Å². The van der Waals surface area contributed by atoms with Crippen molar-refractivity contribution in [2.75, 3.05) is 20.2 Å². The molecule has 0 radical (unpaired) electrons. The van der Waals surface area contributed by atoms with Crippen molar-refractivity contribution in [3.8, 4) is 0 Å². The number of rotatable bonds is 5. The van der Waals surface area contributed by atoms with Gasteiger partial charge in [0.25, 0.3) is 0 Å². The summed E-state index contributed by atoms with van der Waals surface area (Å²) in [6, 6.07) is 0. The summed E-state index contributed by atoms with van der Waals surface area (Å²) in [6.07, 6.45) is -5.66. The van der Waals surface area contributed by atoms with E-state index in [1.807, 2.05) is 6.92 Å². The van der Waals surface area contributed by atoms with E-state index in [9.17, 15) is 15.3 Å². The number of hydrogen-bond donors (Lipinski definition) is 5. The monoisotopic (exact) mass is 320 g/mol. The van der Waals surface area contributed by atoms with E-state index < -0.39 is 36.4 Å². The van der Waals surface area contributed by atoms with Gasteiger partial charge in [-0.1, -0.05) is 0 Å². The quantitative estimate of drug-likeness (QED) is 0.371. The molecule has 0 aromatic rings. The average molecular weight is 320 g/mol. The third-order valence-electron chi connectivity index (χ3n) is 3.39. The van der Waals surface area contributed by atoms with Gasteiger partial charge in [0.1, 0.15) is 24.4 Å². The van der Waals surface area contributed by atoms with E-state index in [1.165, 1.54) is 7.11 Å². The molecule has 0 amide bonds. The molecule has 0 spiro atoms. The molecular formula is C11H20N4O5S. The minimum absolute atomic E-state index is 0.154. The smallest absolute Gasteiger partial charge is 0.205 e. The maximum atomic E-state index is 9.88. The molecule has 1 saturated heterocycles. The van der Waals surface area contributed by atoms with E-state index in [4.69, 9.17) is 21.7 Å². The lowest BCUT2D eigenvalue weighted by atomic mass is 9.99. The Labute approximate surface area is 127 Å². The van der Waals surface area contributed by atoms with Crippen molar-refractivity contribution in [3.05, 3.63) is 0 Å². The molecule has 5 atom stereocenters. The highest BCUT2D eigenvalue weighted by molar-refractivity contribution is 7.80. The zero-order valence-electron chi connectivity index (χ0n) is 11.8. The van der Waals surface area contributed by atoms with Crippen LogP contribution in [0, 0.1) is 0 Å². The van der Waals surface area contributed by atoms with Gasteiger partial charge in [0.15, 0.2) is 11.4 Å². The van der Waals surface area contributed by atoms with Crippen molar-refractivity contribution in [3.63, 3.8) is 0 Å². The van der Waals surface area contributed by atoms with Crippen LogP contribution < -0.4 is 10.6 Å². The number of aliphatic hydroxyl groups is 3. The Morgan fingerprint density at radius 3 is 2.48 bits per heavy atom. The first-order valence-corrected chi connectivity index (χ1v) is 6.95. The van der Waals surface area contributed by atoms with Crippen molar-refractivity contribution in [2.24, 2.45) is 10.2 Å². The summed E-state index contributed by atoms with van der Waals surface area (Å²) in [6.45, 7) is 2.49. The van der Waals surface area contributed by atoms with Crippen LogP contribution in [0.2, 0.25) is 0 Å². The van der Waals surface area contributed by atoms with Crippen molar-refractivity contribution >= 4 is 17.3 Å². The lowest BCUT2D eigenvalue weighted by molar-refractivity contribution is -0.288. The molecule has 5 N–H and O–H groups in total. The van der Waals surface area contributed by atoms with Crippen LogP contribution >= 0.6 is 12.2 Å². The number of hydrogen-bond acceptors (Lipinski definition) is 8. The molecule has 2 aliphatic rings. The summed E-state index contributed by atoms with van der Waals surface area (Å²) in [5, 5.41) is 43.1. The second kappa shape index (κ2) is 6.46. The van der Waals surface area contributed by atoms with Crippen LogP contribution in [-0.2, 0) is 9.47 Å². The van der Waals surface area contributed by atoms with Crippen LogP contribution in [0.25, 0.3) is 0 Å². The summed E-state index contributed by atoms with van der Waals surface area (Å²) < 4.78 is 10.3. The molecule has 2 aliphatic heterocycles. The summed E-state index contributed by atoms with van der Waals surface area (Å²) in [5.41, 5.74) is -0.409. The summed E-state index contributed by atoms with van der Waals surface area (Å²) in [5.74, 6) is 0. The molecule has 0 aliphatic carbocycles. The second-order valence-electron chi connectivity index (χ2n) is 5.23. The molecule has 120 valence electrons. The van der Waals surface area contributed by atoms with E-state index in [1.54, 1.807) is 0 Å². The lowest BCUT2D eigenvalue weighted by Gasteiger charge is -2.39. The molecule has 0 aromatic heterocycles. The van der Waals surface area contributed by atoms with Crippen LogP contribution in [-0.4, -0.2) is 77.0 Å². The average Bonchev–Trinajstić information content (AvgIpc) is 3.20. The van der Waals surface area contributed by atoms with Gasteiger partial charge in [0.2, 0.25) is 5.66 Å². The predicted molar refractivity (Wildman–Crippen MR) is 75.6 cm³/mol. The third-order valence-corrected chi connectivity index (χ3v) is 3.68. The lowest BCUT2D eigenvalue weighted by Crippen LogP contribution is -2.60. The maximum absolute atomic E-state index is 9.88. The standard InChI is InChI=1S/C11H20N4O5S/c1-11(14-15-11)4-13-10(21)12-3-5-6(16)7(17)8(18)9(19-2)20-5/h5-9,16-18H,3-4H2,1-2H3,(H2,12,13,21)/t5-,6-,7+,8+,9+/m1/s1. The van der Waals surface area contributed by atoms with Gasteiger partial charge in [-0.05, 0) is 19.1 Å². The minimum Gasteiger partial charge on any atom is -0.388 e. The van der Waals surface area contributed by atoms with Gasteiger partial charge >= 0.3 is 0 Å². The fourth-order valence-corrected chi connectivity index (χ4v) is 2.10. The molecule has 9 nitrogen and oxygen atoms in total. The minimum atomic E-state index is -1.35. The van der Waals surface area contributed by atoms with E-state index in [-0.39, 0.29) is 6.54 Å². The molecule has 1 fully saturated rings. The number of ether oxygens (including phenoxy) is 2. The summed E-state index contributed by atoms with van der Waals surface area (Å²) >= 11 is 5.08. The topological polar surface area (TPSA) is 128 Å². The number of thiocarbonyl (C=S) groups is 1. The van der Waals surface area contributed by atoms with Crippen LogP contribution in [0.5, 0.6) is 0 Å². The second-order valence-corrected chi connectivity index (χ2v) is 5.64. The molecule has 0 saturated carbocycles. The fraction of sp³-hybridized carbons (Fsp3) is 0.909. The molecule has 2 rings (SSSR count). The van der Waals surface area contributed by atoms with Gasteiger partial charge in [-0.2, -0.15) is 10.2 Å². The zero-order chi connectivity index (χ0) is 15.6. The van der Waals surface area contributed by atoms with Gasteiger partial charge in [-0.25, -0.2) is 0 Å². The largest absolute Gasteiger partial charge is 0.388 e. The molecule has 0 unspecified atom stereocenters. The van der Waals surface area contributed by atoms with Crippen molar-refractivity contribution < 1.29 is 24.8 Å². The molecule has 21 heavy (non-hydrogen) atoms. The molecule has 2 heterocycles. The van der Waals surface area contributed by atoms with E-state index >= 15 is 0 Å². The van der Waals surface area contributed by atoms with Crippen LogP contribution in [0.15, 0.2) is 10.2 Å². The van der Waals surface area contributed by atoms with Gasteiger partial charge in [-0.15, -0.1) is 0 Å². The highest BCUT2D eigenvalue weighted by Gasteiger charge is 2.43. The Hall–Kier alpha value is -0.910. The highest BCUT2D eigenvalue weighted by atomic mass is 32.1. The first-order chi connectivity index (χ1) is 9.86. The first-order valence-electron chi connectivity index (χ1n) is 6.54. The Kier molecular flexibility index (Phi) is 5.07. The van der Waals surface area contributed by atoms with Gasteiger partial charge < -0.3 is 35.4 Å². The normalized spacial score (nSPS) is 37.1. The van der Waals surface area contributed by atoms with E-state index in [0.717, 1.165) is 0 Å². The Morgan fingerprint density at radius 2 is 1.90 bits per heavy atom. The van der Waals surface area contributed by atoms with E-state index in [0.29, 0.717) is 11.7 Å². The Morgan fingerprint density at radius 1 is 1.24 bits per heavy atom. The Bertz CT molecular complexity index is 415. The number of methoxy groups -OCH3 is 1. The number of aliphatic hydroxyl groups excluding tert-OH is 3. The summed E-state index contributed by atoms with van der Waals surface area (Å²) in [4.78, 5) is 0. The first kappa shape index (κ1) is 16.5. The highest BCUT2D eigenvalue weighted by Crippen LogP contribution is 2.25. The number of nitrogens with zero attached hydrogens (tertiary/aromatic N) is 2. The SMILES string of the molecule is CO[C@H]1O[C@H](CNC(=S)NCC2(C)N=N2)[C@@H](O)[C@H](O)[C@@H]1O.